The van der Waals surface area contributed by atoms with E-state index in [9.17, 15) is 18.0 Å². The predicted molar refractivity (Wildman–Crippen MR) is 82.2 cm³/mol. The highest BCUT2D eigenvalue weighted by Gasteiger charge is 2.36. The number of ether oxygens (including phenoxy) is 1. The fourth-order valence-electron chi connectivity index (χ4n) is 3.37. The maximum Gasteiger partial charge on any atom is 0.416 e. The molecule has 4 nitrogen and oxygen atoms in total. The van der Waals surface area contributed by atoms with Crippen molar-refractivity contribution in [3.05, 3.63) is 35.4 Å². The van der Waals surface area contributed by atoms with E-state index >= 15 is 0 Å². The zero-order valence-electron chi connectivity index (χ0n) is 13.3. The van der Waals surface area contributed by atoms with Gasteiger partial charge in [0.05, 0.1) is 5.56 Å². The van der Waals surface area contributed by atoms with Crippen molar-refractivity contribution in [2.45, 2.75) is 44.1 Å². The van der Waals surface area contributed by atoms with Gasteiger partial charge >= 0.3 is 6.18 Å². The normalized spacial score (nSPS) is 23.0. The number of rotatable bonds is 4. The Bertz CT molecular complexity index is 585. The molecule has 1 N–H and O–H groups in total. The van der Waals surface area contributed by atoms with Crippen LogP contribution in [0.5, 0.6) is 0 Å². The quantitative estimate of drug-likeness (QED) is 0.914. The predicted octanol–water partition coefficient (Wildman–Crippen LogP) is 2.57. The highest BCUT2D eigenvalue weighted by molar-refractivity contribution is 5.79. The number of benzene rings is 1. The summed E-state index contributed by atoms with van der Waals surface area (Å²) in [5, 5.41) is 3.44. The van der Waals surface area contributed by atoms with Crippen LogP contribution >= 0.6 is 0 Å². The Labute approximate surface area is 139 Å². The van der Waals surface area contributed by atoms with Crippen LogP contribution in [-0.4, -0.2) is 42.6 Å². The lowest BCUT2D eigenvalue weighted by Crippen LogP contribution is -2.42. The molecule has 2 heterocycles. The molecule has 1 atom stereocenters. The molecule has 7 heteroatoms. The number of hydrogen-bond donors (Lipinski definition) is 1. The highest BCUT2D eigenvalue weighted by Crippen LogP contribution is 2.33. The highest BCUT2D eigenvalue weighted by atomic mass is 19.4. The Balaban J connectivity index is 1.63. The summed E-state index contributed by atoms with van der Waals surface area (Å²) in [6.45, 7) is 1.87. The van der Waals surface area contributed by atoms with Gasteiger partial charge in [-0.3, -0.25) is 4.79 Å². The molecule has 0 unspecified atom stereocenters. The zero-order valence-corrected chi connectivity index (χ0v) is 13.3. The van der Waals surface area contributed by atoms with Gasteiger partial charge in [-0.15, -0.1) is 0 Å². The van der Waals surface area contributed by atoms with Crippen molar-refractivity contribution in [3.8, 4) is 0 Å². The fourth-order valence-corrected chi connectivity index (χ4v) is 3.37. The van der Waals surface area contributed by atoms with Crippen molar-refractivity contribution in [2.75, 3.05) is 19.8 Å². The average molecular weight is 342 g/mol. The van der Waals surface area contributed by atoms with E-state index in [1.807, 2.05) is 0 Å². The second-order valence-corrected chi connectivity index (χ2v) is 6.38. The molecule has 2 fully saturated rings. The Morgan fingerprint density at radius 3 is 2.58 bits per heavy atom. The molecule has 1 amide bonds. The maximum atomic E-state index is 13.1. The number of likely N-dealkylation sites (tertiary alicyclic amines) is 1. The first-order chi connectivity index (χ1) is 11.4. The Morgan fingerprint density at radius 2 is 1.88 bits per heavy atom. The molecule has 1 aromatic carbocycles. The summed E-state index contributed by atoms with van der Waals surface area (Å²) in [4.78, 5) is 13.7. The first-order valence-corrected chi connectivity index (χ1v) is 8.20. The van der Waals surface area contributed by atoms with Crippen LogP contribution in [0, 0.1) is 0 Å². The second-order valence-electron chi connectivity index (χ2n) is 6.38. The van der Waals surface area contributed by atoms with E-state index in [2.05, 4.69) is 5.32 Å². The molecule has 0 spiro atoms. The minimum Gasteiger partial charge on any atom is -0.381 e. The van der Waals surface area contributed by atoms with E-state index in [4.69, 9.17) is 4.74 Å². The lowest BCUT2D eigenvalue weighted by molar-refractivity contribution is -0.139. The van der Waals surface area contributed by atoms with Crippen LogP contribution in [0.4, 0.5) is 13.2 Å². The van der Waals surface area contributed by atoms with Crippen LogP contribution in [0.15, 0.2) is 24.3 Å². The van der Waals surface area contributed by atoms with Crippen molar-refractivity contribution in [1.82, 2.24) is 10.2 Å². The van der Waals surface area contributed by atoms with Crippen LogP contribution in [0.1, 0.15) is 30.4 Å². The van der Waals surface area contributed by atoms with Gasteiger partial charge < -0.3 is 15.0 Å². The van der Waals surface area contributed by atoms with E-state index in [1.165, 1.54) is 17.0 Å². The minimum atomic E-state index is -4.40. The molecule has 0 aliphatic carbocycles. The summed E-state index contributed by atoms with van der Waals surface area (Å²) in [5.74, 6) is -0.100. The van der Waals surface area contributed by atoms with Crippen LogP contribution in [0.3, 0.4) is 0 Å². The topological polar surface area (TPSA) is 41.6 Å². The molecule has 2 aliphatic heterocycles. The molecular weight excluding hydrogens is 321 g/mol. The summed E-state index contributed by atoms with van der Waals surface area (Å²) in [7, 11) is 0. The molecule has 24 heavy (non-hydrogen) atoms. The van der Waals surface area contributed by atoms with Crippen molar-refractivity contribution >= 4 is 5.91 Å². The van der Waals surface area contributed by atoms with Crippen LogP contribution in [-0.2, 0) is 22.3 Å². The number of nitrogens with zero attached hydrogens (tertiary/aromatic N) is 1. The first-order valence-electron chi connectivity index (χ1n) is 8.20. The van der Waals surface area contributed by atoms with Crippen LogP contribution in [0.2, 0.25) is 0 Å². The Hall–Kier alpha value is -1.60. The Kier molecular flexibility index (Phi) is 5.10. The smallest absolute Gasteiger partial charge is 0.381 e. The van der Waals surface area contributed by atoms with Gasteiger partial charge in [0.25, 0.3) is 0 Å². The van der Waals surface area contributed by atoms with Crippen molar-refractivity contribution < 1.29 is 22.7 Å². The van der Waals surface area contributed by atoms with Gasteiger partial charge in [0, 0.05) is 44.8 Å². The molecule has 3 rings (SSSR count). The number of carbonyl (C=O) groups excluding carboxylic acids is 1. The summed E-state index contributed by atoms with van der Waals surface area (Å²) < 4.78 is 44.5. The summed E-state index contributed by atoms with van der Waals surface area (Å²) in [6.07, 6.45) is -2.26. The van der Waals surface area contributed by atoms with Gasteiger partial charge in [-0.1, -0.05) is 18.2 Å². The van der Waals surface area contributed by atoms with Gasteiger partial charge in [-0.25, -0.2) is 0 Å². The van der Waals surface area contributed by atoms with Gasteiger partial charge in [0.1, 0.15) is 0 Å². The molecule has 2 aliphatic rings. The van der Waals surface area contributed by atoms with E-state index in [0.717, 1.165) is 18.9 Å². The molecular formula is C17H21F3N2O2. The summed E-state index contributed by atoms with van der Waals surface area (Å²) in [6, 6.07) is 5.76. The lowest BCUT2D eigenvalue weighted by Gasteiger charge is -2.26. The van der Waals surface area contributed by atoms with Gasteiger partial charge in [0.15, 0.2) is 0 Å². The number of alkyl halides is 3. The number of hydrogen-bond acceptors (Lipinski definition) is 3. The molecule has 0 saturated carbocycles. The molecule has 2 saturated heterocycles. The zero-order chi connectivity index (χ0) is 17.2. The summed E-state index contributed by atoms with van der Waals surface area (Å²) >= 11 is 0. The molecule has 0 bridgehead atoms. The number of halogens is 3. The van der Waals surface area contributed by atoms with Crippen molar-refractivity contribution in [2.24, 2.45) is 0 Å². The van der Waals surface area contributed by atoms with Crippen LogP contribution < -0.4 is 5.32 Å². The SMILES string of the molecule is O=C1C[C@@H](NC2CCOCC2)CN1Cc1ccccc1C(F)(F)F. The maximum absolute atomic E-state index is 13.1. The molecule has 0 aromatic heterocycles. The monoisotopic (exact) mass is 342 g/mol. The minimum absolute atomic E-state index is 0.000471. The third-order valence-corrected chi connectivity index (χ3v) is 4.59. The van der Waals surface area contributed by atoms with Crippen LogP contribution in [0.25, 0.3) is 0 Å². The Morgan fingerprint density at radius 1 is 1.17 bits per heavy atom. The average Bonchev–Trinajstić information content (AvgIpc) is 2.87. The number of carbonyl (C=O) groups is 1. The molecule has 132 valence electrons. The standard InChI is InChI=1S/C17H21F3N2O2/c18-17(19,20)15-4-2-1-3-12(15)10-22-11-14(9-16(22)23)21-13-5-7-24-8-6-13/h1-4,13-14,21H,5-11H2/t14-/m1/s1. The molecule has 0 radical (unpaired) electrons. The fraction of sp³-hybridized carbons (Fsp3) is 0.588. The van der Waals surface area contributed by atoms with E-state index < -0.39 is 11.7 Å². The molecule has 1 aromatic rings. The van der Waals surface area contributed by atoms with E-state index in [-0.39, 0.29) is 24.1 Å². The van der Waals surface area contributed by atoms with Gasteiger partial charge in [0.2, 0.25) is 5.91 Å². The number of nitrogens with one attached hydrogen (secondary N) is 1. The third kappa shape index (κ3) is 4.08. The second kappa shape index (κ2) is 7.11. The van der Waals surface area contributed by atoms with Gasteiger partial charge in [-0.2, -0.15) is 13.2 Å². The first kappa shape index (κ1) is 17.2. The van der Waals surface area contributed by atoms with Gasteiger partial charge in [-0.05, 0) is 24.5 Å². The van der Waals surface area contributed by atoms with Crippen molar-refractivity contribution in [1.29, 1.82) is 0 Å². The summed E-state index contributed by atoms with van der Waals surface area (Å²) in [5.41, 5.74) is -0.524. The van der Waals surface area contributed by atoms with E-state index in [0.29, 0.717) is 32.2 Å². The van der Waals surface area contributed by atoms with E-state index in [1.54, 1.807) is 6.07 Å². The van der Waals surface area contributed by atoms with Crippen molar-refractivity contribution in [3.63, 3.8) is 0 Å². The largest absolute Gasteiger partial charge is 0.416 e. The number of amides is 1. The lowest BCUT2D eigenvalue weighted by atomic mass is 10.1. The third-order valence-electron chi connectivity index (χ3n) is 4.59.